The summed E-state index contributed by atoms with van der Waals surface area (Å²) < 4.78 is 11.5. The molecule has 2 heterocycles. The molecule has 1 aromatic rings. The number of nitro benzene ring substituents is 1. The van der Waals surface area contributed by atoms with E-state index >= 15 is 0 Å². The van der Waals surface area contributed by atoms with Gasteiger partial charge >= 0.3 is 5.97 Å². The number of esters is 1. The Hall–Kier alpha value is -2.15. The Labute approximate surface area is 158 Å². The molecule has 1 N–H and O–H groups in total. The molecule has 7 heteroatoms. The number of carbonyl (C=O) groups excluding carboxylic acids is 1. The summed E-state index contributed by atoms with van der Waals surface area (Å²) in [6.45, 7) is 7.80. The van der Waals surface area contributed by atoms with Crippen LogP contribution in [-0.2, 0) is 22.4 Å². The molecule has 2 atom stereocenters. The van der Waals surface area contributed by atoms with Crippen LogP contribution >= 0.6 is 0 Å². The largest absolute Gasteiger partial charge is 0.487 e. The van der Waals surface area contributed by atoms with E-state index in [1.165, 1.54) is 0 Å². The van der Waals surface area contributed by atoms with Crippen LogP contribution in [0.25, 0.3) is 0 Å². The van der Waals surface area contributed by atoms with Gasteiger partial charge in [-0.05, 0) is 32.6 Å². The average molecular weight is 377 g/mol. The number of benzene rings is 1. The number of hydrogen-bond acceptors (Lipinski definition) is 6. The molecule has 27 heavy (non-hydrogen) atoms. The Morgan fingerprint density at radius 1 is 1.41 bits per heavy atom. The lowest BCUT2D eigenvalue weighted by atomic mass is 9.87. The molecule has 0 aliphatic carbocycles. The zero-order chi connectivity index (χ0) is 19.9. The second-order valence-electron chi connectivity index (χ2n) is 8.47. The van der Waals surface area contributed by atoms with E-state index in [0.717, 1.165) is 16.9 Å². The predicted molar refractivity (Wildman–Crippen MR) is 99.0 cm³/mol. The topological polar surface area (TPSA) is 98.9 Å². The number of nitro groups is 1. The fourth-order valence-corrected chi connectivity index (χ4v) is 4.20. The lowest BCUT2D eigenvalue weighted by Crippen LogP contribution is -2.32. The van der Waals surface area contributed by atoms with Gasteiger partial charge in [0, 0.05) is 35.6 Å². The van der Waals surface area contributed by atoms with E-state index in [9.17, 15) is 20.0 Å². The number of carbonyl (C=O) groups is 1. The number of rotatable bonds is 5. The fourth-order valence-electron chi connectivity index (χ4n) is 4.20. The summed E-state index contributed by atoms with van der Waals surface area (Å²) in [7, 11) is 0. The second kappa shape index (κ2) is 7.11. The van der Waals surface area contributed by atoms with E-state index in [4.69, 9.17) is 9.47 Å². The van der Waals surface area contributed by atoms with Crippen molar-refractivity contribution in [1.82, 2.24) is 0 Å². The van der Waals surface area contributed by atoms with Gasteiger partial charge in [0.2, 0.25) is 0 Å². The highest BCUT2D eigenvalue weighted by atomic mass is 16.6. The Bertz CT molecular complexity index is 770. The third-order valence-electron chi connectivity index (χ3n) is 5.20. The van der Waals surface area contributed by atoms with Crippen molar-refractivity contribution in [3.8, 4) is 5.75 Å². The van der Waals surface area contributed by atoms with Crippen LogP contribution in [0.3, 0.4) is 0 Å². The molecule has 0 spiro atoms. The van der Waals surface area contributed by atoms with E-state index in [1.807, 2.05) is 27.7 Å². The van der Waals surface area contributed by atoms with E-state index in [-0.39, 0.29) is 29.1 Å². The molecule has 3 rings (SSSR count). The van der Waals surface area contributed by atoms with Crippen molar-refractivity contribution in [1.29, 1.82) is 0 Å². The quantitative estimate of drug-likeness (QED) is 0.479. The van der Waals surface area contributed by atoms with Crippen LogP contribution < -0.4 is 4.74 Å². The Morgan fingerprint density at radius 3 is 2.70 bits per heavy atom. The number of ether oxygens (including phenoxy) is 2. The molecule has 0 saturated carbocycles. The predicted octanol–water partition coefficient (Wildman–Crippen LogP) is 3.43. The minimum Gasteiger partial charge on any atom is -0.487 e. The van der Waals surface area contributed by atoms with Crippen molar-refractivity contribution in [3.63, 3.8) is 0 Å². The molecule has 0 bridgehead atoms. The van der Waals surface area contributed by atoms with Gasteiger partial charge in [-0.2, -0.15) is 0 Å². The van der Waals surface area contributed by atoms with Crippen molar-refractivity contribution in [2.45, 2.75) is 83.5 Å². The number of cyclic esters (lactones) is 1. The van der Waals surface area contributed by atoms with E-state index in [0.29, 0.717) is 31.2 Å². The Kier molecular flexibility index (Phi) is 5.16. The lowest BCUT2D eigenvalue weighted by Gasteiger charge is -2.27. The lowest BCUT2D eigenvalue weighted by molar-refractivity contribution is -0.385. The van der Waals surface area contributed by atoms with E-state index in [1.54, 1.807) is 6.07 Å². The molecule has 7 nitrogen and oxygen atoms in total. The Morgan fingerprint density at radius 2 is 2.11 bits per heavy atom. The van der Waals surface area contributed by atoms with Crippen LogP contribution in [0.2, 0.25) is 0 Å². The smallest absolute Gasteiger partial charge is 0.308 e. The van der Waals surface area contributed by atoms with Crippen LogP contribution in [-0.4, -0.2) is 33.8 Å². The maximum atomic E-state index is 11.7. The SMILES string of the molecule is CC(C)c1c([N+](=O)[O-])cc2c(c1CCC1CC(O)CC(=O)O1)OC(C)(C)C2. The zero-order valence-electron chi connectivity index (χ0n) is 16.3. The van der Waals surface area contributed by atoms with Gasteiger partial charge in [-0.1, -0.05) is 13.8 Å². The van der Waals surface area contributed by atoms with Gasteiger partial charge < -0.3 is 14.6 Å². The molecular weight excluding hydrogens is 350 g/mol. The highest BCUT2D eigenvalue weighted by molar-refractivity contribution is 5.71. The first-order chi connectivity index (χ1) is 12.6. The van der Waals surface area contributed by atoms with Crippen molar-refractivity contribution in [2.75, 3.05) is 0 Å². The fraction of sp³-hybridized carbons (Fsp3) is 0.650. The molecule has 2 aliphatic rings. The molecule has 1 fully saturated rings. The Balaban J connectivity index is 1.97. The van der Waals surface area contributed by atoms with Crippen molar-refractivity contribution in [2.24, 2.45) is 0 Å². The van der Waals surface area contributed by atoms with Gasteiger partial charge in [0.05, 0.1) is 17.4 Å². The number of nitrogens with zero attached hydrogens (tertiary/aromatic N) is 1. The van der Waals surface area contributed by atoms with Gasteiger partial charge in [0.15, 0.2) is 0 Å². The third kappa shape index (κ3) is 4.08. The third-order valence-corrected chi connectivity index (χ3v) is 5.20. The number of hydrogen-bond donors (Lipinski definition) is 1. The van der Waals surface area contributed by atoms with Crippen LogP contribution in [0.15, 0.2) is 6.07 Å². The van der Waals surface area contributed by atoms with E-state index < -0.39 is 17.7 Å². The minimum atomic E-state index is -0.688. The number of aliphatic hydroxyl groups is 1. The molecule has 0 aromatic heterocycles. The number of fused-ring (bicyclic) bond motifs is 1. The van der Waals surface area contributed by atoms with Crippen molar-refractivity contribution >= 4 is 11.7 Å². The number of aliphatic hydroxyl groups excluding tert-OH is 1. The van der Waals surface area contributed by atoms with Crippen LogP contribution in [0.1, 0.15) is 69.6 Å². The standard InChI is InChI=1S/C20H27NO6/c1-11(2)18-15(6-5-14-8-13(22)9-17(23)26-14)19-12(7-16(18)21(24)25)10-20(3,4)27-19/h7,11,13-14,22H,5-6,8-10H2,1-4H3. The summed E-state index contributed by atoms with van der Waals surface area (Å²) in [6, 6.07) is 1.65. The monoisotopic (exact) mass is 377 g/mol. The first-order valence-electron chi connectivity index (χ1n) is 9.47. The second-order valence-corrected chi connectivity index (χ2v) is 8.47. The van der Waals surface area contributed by atoms with Gasteiger partial charge in [0.1, 0.15) is 17.5 Å². The zero-order valence-corrected chi connectivity index (χ0v) is 16.3. The normalized spacial score (nSPS) is 23.7. The molecule has 2 unspecified atom stereocenters. The maximum Gasteiger partial charge on any atom is 0.308 e. The summed E-state index contributed by atoms with van der Waals surface area (Å²) in [5, 5.41) is 21.5. The highest BCUT2D eigenvalue weighted by Crippen LogP contribution is 2.45. The van der Waals surface area contributed by atoms with E-state index in [2.05, 4.69) is 0 Å². The highest BCUT2D eigenvalue weighted by Gasteiger charge is 2.37. The van der Waals surface area contributed by atoms with Gasteiger partial charge in [-0.15, -0.1) is 0 Å². The van der Waals surface area contributed by atoms with Gasteiger partial charge in [0.25, 0.3) is 5.69 Å². The molecule has 1 aromatic carbocycles. The molecule has 1 saturated heterocycles. The maximum absolute atomic E-state index is 11.7. The van der Waals surface area contributed by atoms with Crippen molar-refractivity contribution < 1.29 is 24.3 Å². The summed E-state index contributed by atoms with van der Waals surface area (Å²) in [4.78, 5) is 23.0. The van der Waals surface area contributed by atoms with Crippen LogP contribution in [0.5, 0.6) is 5.75 Å². The van der Waals surface area contributed by atoms with Crippen LogP contribution in [0, 0.1) is 10.1 Å². The molecule has 2 aliphatic heterocycles. The first kappa shape index (κ1) is 19.6. The van der Waals surface area contributed by atoms with Crippen LogP contribution in [0.4, 0.5) is 5.69 Å². The molecular formula is C20H27NO6. The summed E-state index contributed by atoms with van der Waals surface area (Å²) >= 11 is 0. The van der Waals surface area contributed by atoms with Gasteiger partial charge in [-0.3, -0.25) is 14.9 Å². The first-order valence-corrected chi connectivity index (χ1v) is 9.47. The van der Waals surface area contributed by atoms with Crippen molar-refractivity contribution in [3.05, 3.63) is 32.9 Å². The molecule has 0 radical (unpaired) electrons. The summed E-state index contributed by atoms with van der Waals surface area (Å²) in [5.41, 5.74) is 2.08. The molecule has 148 valence electrons. The average Bonchev–Trinajstić information content (AvgIpc) is 2.84. The van der Waals surface area contributed by atoms with Gasteiger partial charge in [-0.25, -0.2) is 0 Å². The molecule has 0 amide bonds. The minimum absolute atomic E-state index is 0.0251. The summed E-state index contributed by atoms with van der Waals surface area (Å²) in [5.74, 6) is 0.291. The summed E-state index contributed by atoms with van der Waals surface area (Å²) in [6.07, 6.45) is 0.963.